The Morgan fingerprint density at radius 2 is 2.05 bits per heavy atom. The summed E-state index contributed by atoms with van der Waals surface area (Å²) in [6.07, 6.45) is -0.00246. The van der Waals surface area contributed by atoms with E-state index in [4.69, 9.17) is 9.47 Å². The van der Waals surface area contributed by atoms with Crippen molar-refractivity contribution in [3.8, 4) is 5.75 Å². The fourth-order valence-electron chi connectivity index (χ4n) is 1.46. The quantitative estimate of drug-likeness (QED) is 0.402. The van der Waals surface area contributed by atoms with Crippen LogP contribution < -0.4 is 4.74 Å². The van der Waals surface area contributed by atoms with E-state index >= 15 is 0 Å². The molecule has 0 aromatic heterocycles. The van der Waals surface area contributed by atoms with Crippen LogP contribution in [0, 0.1) is 10.1 Å². The zero-order chi connectivity index (χ0) is 15.8. The molecule has 0 fully saturated rings. The molecule has 0 atom stereocenters. The lowest BCUT2D eigenvalue weighted by Crippen LogP contribution is -2.14. The SMILES string of the molecule is CCOC(=O)CCC(=O)COc1cccc([N+](=O)[O-])c1Br. The van der Waals surface area contributed by atoms with Crippen molar-refractivity contribution in [3.05, 3.63) is 32.8 Å². The molecule has 1 aromatic carbocycles. The van der Waals surface area contributed by atoms with E-state index < -0.39 is 10.9 Å². The normalized spacial score (nSPS) is 10.0. The third kappa shape index (κ3) is 5.50. The maximum atomic E-state index is 11.6. The van der Waals surface area contributed by atoms with Gasteiger partial charge >= 0.3 is 5.97 Å². The fourth-order valence-corrected chi connectivity index (χ4v) is 1.98. The fraction of sp³-hybridized carbons (Fsp3) is 0.385. The number of Topliss-reactive ketones (excluding diaryl/α,β-unsaturated/α-hetero) is 1. The zero-order valence-electron chi connectivity index (χ0n) is 11.3. The molecule has 0 heterocycles. The second-order valence-electron chi connectivity index (χ2n) is 3.98. The molecule has 0 radical (unpaired) electrons. The van der Waals surface area contributed by atoms with Crippen LogP contribution in [0.2, 0.25) is 0 Å². The summed E-state index contributed by atoms with van der Waals surface area (Å²) in [5, 5.41) is 10.8. The highest BCUT2D eigenvalue weighted by molar-refractivity contribution is 9.10. The summed E-state index contributed by atoms with van der Waals surface area (Å²) in [7, 11) is 0. The molecule has 0 saturated carbocycles. The van der Waals surface area contributed by atoms with Gasteiger partial charge in [-0.15, -0.1) is 0 Å². The second-order valence-corrected chi connectivity index (χ2v) is 4.77. The summed E-state index contributed by atoms with van der Waals surface area (Å²) < 4.78 is 10.1. The molecule has 0 aliphatic heterocycles. The zero-order valence-corrected chi connectivity index (χ0v) is 12.9. The highest BCUT2D eigenvalue weighted by Crippen LogP contribution is 2.33. The number of nitrogens with zero attached hydrogens (tertiary/aromatic N) is 1. The topological polar surface area (TPSA) is 95.7 Å². The molecule has 21 heavy (non-hydrogen) atoms. The third-order valence-corrected chi connectivity index (χ3v) is 3.24. The Morgan fingerprint density at radius 3 is 2.67 bits per heavy atom. The molecule has 1 rings (SSSR count). The van der Waals surface area contributed by atoms with Gasteiger partial charge in [-0.25, -0.2) is 0 Å². The van der Waals surface area contributed by atoms with Crippen LogP contribution in [0.15, 0.2) is 22.7 Å². The number of ketones is 1. The lowest BCUT2D eigenvalue weighted by atomic mass is 10.2. The third-order valence-electron chi connectivity index (χ3n) is 2.44. The number of hydrogen-bond donors (Lipinski definition) is 0. The minimum absolute atomic E-state index is 0.00534. The minimum Gasteiger partial charge on any atom is -0.484 e. The van der Waals surface area contributed by atoms with E-state index in [0.717, 1.165) is 0 Å². The first-order chi connectivity index (χ1) is 9.95. The molecule has 0 spiro atoms. The monoisotopic (exact) mass is 359 g/mol. The average Bonchev–Trinajstić information content (AvgIpc) is 2.44. The first-order valence-corrected chi connectivity index (χ1v) is 6.98. The Labute approximate surface area is 129 Å². The second kappa shape index (κ2) is 8.35. The summed E-state index contributed by atoms with van der Waals surface area (Å²) in [5.41, 5.74) is -0.147. The number of halogens is 1. The molecule has 0 aliphatic rings. The average molecular weight is 360 g/mol. The maximum absolute atomic E-state index is 11.6. The van der Waals surface area contributed by atoms with E-state index in [9.17, 15) is 19.7 Å². The predicted octanol–water partition coefficient (Wildman–Crippen LogP) is 2.65. The Kier molecular flexibility index (Phi) is 6.80. The van der Waals surface area contributed by atoms with Crippen molar-refractivity contribution in [2.45, 2.75) is 19.8 Å². The standard InChI is InChI=1S/C13H14BrNO6/c1-2-20-12(17)7-6-9(16)8-21-11-5-3-4-10(13(11)14)15(18)19/h3-5H,2,6-8H2,1H3. The van der Waals surface area contributed by atoms with Gasteiger partial charge in [-0.3, -0.25) is 19.7 Å². The van der Waals surface area contributed by atoms with Crippen LogP contribution in [0.25, 0.3) is 0 Å². The first-order valence-electron chi connectivity index (χ1n) is 6.18. The van der Waals surface area contributed by atoms with Gasteiger partial charge < -0.3 is 9.47 Å². The van der Waals surface area contributed by atoms with E-state index in [1.54, 1.807) is 6.92 Å². The molecule has 0 unspecified atom stereocenters. The van der Waals surface area contributed by atoms with E-state index in [1.807, 2.05) is 0 Å². The highest BCUT2D eigenvalue weighted by Gasteiger charge is 2.16. The summed E-state index contributed by atoms with van der Waals surface area (Å²) in [6.45, 7) is 1.69. The molecule has 0 N–H and O–H groups in total. The van der Waals surface area contributed by atoms with Crippen molar-refractivity contribution < 1.29 is 24.0 Å². The molecule has 0 amide bonds. The van der Waals surface area contributed by atoms with Gasteiger partial charge in [0.15, 0.2) is 5.78 Å². The van der Waals surface area contributed by atoms with Crippen LogP contribution in [-0.4, -0.2) is 29.9 Å². The lowest BCUT2D eigenvalue weighted by molar-refractivity contribution is -0.385. The van der Waals surface area contributed by atoms with Crippen molar-refractivity contribution in [1.82, 2.24) is 0 Å². The van der Waals surface area contributed by atoms with Gasteiger partial charge in [0.1, 0.15) is 16.8 Å². The van der Waals surface area contributed by atoms with Gasteiger partial charge in [0.25, 0.3) is 5.69 Å². The van der Waals surface area contributed by atoms with E-state index in [2.05, 4.69) is 15.9 Å². The van der Waals surface area contributed by atoms with Crippen molar-refractivity contribution in [2.24, 2.45) is 0 Å². The van der Waals surface area contributed by atoms with Crippen LogP contribution >= 0.6 is 15.9 Å². The summed E-state index contributed by atoms with van der Waals surface area (Å²) >= 11 is 3.06. The van der Waals surface area contributed by atoms with Crippen molar-refractivity contribution in [3.63, 3.8) is 0 Å². The largest absolute Gasteiger partial charge is 0.484 e. The van der Waals surface area contributed by atoms with Gasteiger partial charge in [-0.2, -0.15) is 0 Å². The van der Waals surface area contributed by atoms with E-state index in [0.29, 0.717) is 0 Å². The summed E-state index contributed by atoms with van der Waals surface area (Å²) in [5.74, 6) is -0.530. The smallest absolute Gasteiger partial charge is 0.306 e. The first kappa shape index (κ1) is 17.1. The molecular formula is C13H14BrNO6. The van der Waals surface area contributed by atoms with Crippen molar-refractivity contribution >= 4 is 33.4 Å². The number of hydrogen-bond acceptors (Lipinski definition) is 6. The molecule has 1 aromatic rings. The number of benzene rings is 1. The number of rotatable bonds is 8. The van der Waals surface area contributed by atoms with Gasteiger partial charge in [0, 0.05) is 12.5 Å². The summed E-state index contributed by atoms with van der Waals surface area (Å²) in [4.78, 5) is 32.9. The molecule has 0 saturated heterocycles. The van der Waals surface area contributed by atoms with Crippen molar-refractivity contribution in [2.75, 3.05) is 13.2 Å². The van der Waals surface area contributed by atoms with Gasteiger partial charge in [0.05, 0.1) is 18.0 Å². The molecule has 7 nitrogen and oxygen atoms in total. The van der Waals surface area contributed by atoms with Crippen LogP contribution in [0.4, 0.5) is 5.69 Å². The van der Waals surface area contributed by atoms with Crippen LogP contribution in [-0.2, 0) is 14.3 Å². The van der Waals surface area contributed by atoms with Crippen LogP contribution in [0.3, 0.4) is 0 Å². The summed E-state index contributed by atoms with van der Waals surface area (Å²) in [6, 6.07) is 4.29. The number of ether oxygens (including phenoxy) is 2. The molecular weight excluding hydrogens is 346 g/mol. The highest BCUT2D eigenvalue weighted by atomic mass is 79.9. The van der Waals surface area contributed by atoms with E-state index in [-0.39, 0.29) is 47.7 Å². The maximum Gasteiger partial charge on any atom is 0.306 e. The number of carbonyl (C=O) groups excluding carboxylic acids is 2. The Bertz CT molecular complexity index is 545. The molecule has 0 aliphatic carbocycles. The Morgan fingerprint density at radius 1 is 1.33 bits per heavy atom. The van der Waals surface area contributed by atoms with Crippen molar-refractivity contribution in [1.29, 1.82) is 0 Å². The van der Waals surface area contributed by atoms with Crippen LogP contribution in [0.5, 0.6) is 5.75 Å². The van der Waals surface area contributed by atoms with Gasteiger partial charge in [-0.1, -0.05) is 6.07 Å². The number of carbonyl (C=O) groups is 2. The molecule has 0 bridgehead atoms. The molecule has 114 valence electrons. The Balaban J connectivity index is 2.52. The van der Waals surface area contributed by atoms with E-state index in [1.165, 1.54) is 18.2 Å². The van der Waals surface area contributed by atoms with Gasteiger partial charge in [0.2, 0.25) is 0 Å². The Hall–Kier alpha value is -1.96. The number of esters is 1. The van der Waals surface area contributed by atoms with Gasteiger partial charge in [-0.05, 0) is 28.9 Å². The lowest BCUT2D eigenvalue weighted by Gasteiger charge is -2.07. The minimum atomic E-state index is -0.556. The predicted molar refractivity (Wildman–Crippen MR) is 77.2 cm³/mol. The van der Waals surface area contributed by atoms with Crippen LogP contribution in [0.1, 0.15) is 19.8 Å². The number of nitro benzene ring substituents is 1. The molecule has 8 heteroatoms. The number of nitro groups is 1.